The minimum absolute atomic E-state index is 0.479. The molecule has 3 heteroatoms. The number of pyridine rings is 1. The molecule has 0 unspecified atom stereocenters. The van der Waals surface area contributed by atoms with E-state index in [0.29, 0.717) is 5.69 Å². The first-order chi connectivity index (χ1) is 7.24. The molecule has 2 rings (SSSR count). The van der Waals surface area contributed by atoms with Crippen LogP contribution in [0.25, 0.3) is 0 Å². The standard InChI is InChI=1S/C12H11FN2/c1-9-3-2-4-10(7-9)15-11-5-6-14-12(13)8-11/h2-8H,1H3,(H,14,15). The van der Waals surface area contributed by atoms with Gasteiger partial charge in [0, 0.05) is 23.6 Å². The molecule has 0 aliphatic rings. The van der Waals surface area contributed by atoms with Gasteiger partial charge in [0.05, 0.1) is 0 Å². The first-order valence-corrected chi connectivity index (χ1v) is 4.69. The Labute approximate surface area is 87.8 Å². The third-order valence-corrected chi connectivity index (χ3v) is 2.03. The van der Waals surface area contributed by atoms with Crippen LogP contribution < -0.4 is 5.32 Å². The number of anilines is 2. The summed E-state index contributed by atoms with van der Waals surface area (Å²) in [5.41, 5.74) is 2.81. The molecule has 0 amide bonds. The average molecular weight is 202 g/mol. The fourth-order valence-corrected chi connectivity index (χ4v) is 1.37. The summed E-state index contributed by atoms with van der Waals surface area (Å²) in [4.78, 5) is 3.49. The minimum Gasteiger partial charge on any atom is -0.355 e. The van der Waals surface area contributed by atoms with Crippen molar-refractivity contribution in [1.29, 1.82) is 0 Å². The molecule has 0 saturated carbocycles. The summed E-state index contributed by atoms with van der Waals surface area (Å²) in [6.07, 6.45) is 1.44. The van der Waals surface area contributed by atoms with Crippen LogP contribution in [0, 0.1) is 12.9 Å². The summed E-state index contributed by atoms with van der Waals surface area (Å²) in [7, 11) is 0. The van der Waals surface area contributed by atoms with Crippen molar-refractivity contribution in [2.75, 3.05) is 5.32 Å². The highest BCUT2D eigenvalue weighted by Gasteiger charge is 1.96. The lowest BCUT2D eigenvalue weighted by Gasteiger charge is -2.06. The van der Waals surface area contributed by atoms with Gasteiger partial charge in [-0.25, -0.2) is 4.98 Å². The van der Waals surface area contributed by atoms with Crippen molar-refractivity contribution in [3.05, 3.63) is 54.1 Å². The second-order valence-electron chi connectivity index (χ2n) is 3.36. The number of nitrogens with zero attached hydrogens (tertiary/aromatic N) is 1. The van der Waals surface area contributed by atoms with E-state index >= 15 is 0 Å². The van der Waals surface area contributed by atoms with Crippen molar-refractivity contribution >= 4 is 11.4 Å². The maximum absolute atomic E-state index is 12.8. The number of aromatic nitrogens is 1. The Bertz CT molecular complexity index is 425. The third kappa shape index (κ3) is 2.53. The van der Waals surface area contributed by atoms with Gasteiger partial charge in [0.15, 0.2) is 0 Å². The van der Waals surface area contributed by atoms with Gasteiger partial charge < -0.3 is 5.32 Å². The number of rotatable bonds is 2. The van der Waals surface area contributed by atoms with Gasteiger partial charge in [-0.05, 0) is 30.7 Å². The molecule has 1 heterocycles. The topological polar surface area (TPSA) is 24.9 Å². The van der Waals surface area contributed by atoms with Crippen molar-refractivity contribution in [3.8, 4) is 0 Å². The molecule has 0 fully saturated rings. The first-order valence-electron chi connectivity index (χ1n) is 4.69. The monoisotopic (exact) mass is 202 g/mol. The van der Waals surface area contributed by atoms with Crippen LogP contribution in [-0.2, 0) is 0 Å². The Hall–Kier alpha value is -1.90. The molecule has 0 spiro atoms. The van der Waals surface area contributed by atoms with Crippen LogP contribution in [-0.4, -0.2) is 4.98 Å². The van der Waals surface area contributed by atoms with Crippen LogP contribution in [0.15, 0.2) is 42.6 Å². The molecule has 0 radical (unpaired) electrons. The molecule has 1 aromatic heterocycles. The summed E-state index contributed by atoms with van der Waals surface area (Å²) in [6.45, 7) is 2.01. The van der Waals surface area contributed by atoms with Gasteiger partial charge in [-0.15, -0.1) is 0 Å². The number of nitrogens with one attached hydrogen (secondary N) is 1. The van der Waals surface area contributed by atoms with Gasteiger partial charge in [-0.3, -0.25) is 0 Å². The molecular formula is C12H11FN2. The van der Waals surface area contributed by atoms with E-state index in [2.05, 4.69) is 10.3 Å². The lowest BCUT2D eigenvalue weighted by atomic mass is 10.2. The molecule has 0 aliphatic heterocycles. The molecule has 0 aliphatic carbocycles. The largest absolute Gasteiger partial charge is 0.355 e. The van der Waals surface area contributed by atoms with Crippen LogP contribution in [0.4, 0.5) is 15.8 Å². The number of halogens is 1. The highest BCUT2D eigenvalue weighted by Crippen LogP contribution is 2.17. The second-order valence-corrected chi connectivity index (χ2v) is 3.36. The van der Waals surface area contributed by atoms with Crippen molar-refractivity contribution in [2.24, 2.45) is 0 Å². The van der Waals surface area contributed by atoms with E-state index in [9.17, 15) is 4.39 Å². The summed E-state index contributed by atoms with van der Waals surface area (Å²) in [5, 5.41) is 3.11. The Balaban J connectivity index is 2.22. The molecule has 2 aromatic rings. The SMILES string of the molecule is Cc1cccc(Nc2ccnc(F)c2)c1. The average Bonchev–Trinajstić information content (AvgIpc) is 2.17. The molecule has 1 aromatic carbocycles. The van der Waals surface area contributed by atoms with Gasteiger partial charge in [0.25, 0.3) is 0 Å². The summed E-state index contributed by atoms with van der Waals surface area (Å²) in [5.74, 6) is -0.479. The summed E-state index contributed by atoms with van der Waals surface area (Å²) >= 11 is 0. The zero-order valence-corrected chi connectivity index (χ0v) is 8.37. The van der Waals surface area contributed by atoms with Gasteiger partial charge in [0.1, 0.15) is 0 Å². The Morgan fingerprint density at radius 2 is 1.93 bits per heavy atom. The lowest BCUT2D eigenvalue weighted by molar-refractivity contribution is 0.584. The molecule has 0 saturated heterocycles. The number of hydrogen-bond acceptors (Lipinski definition) is 2. The lowest BCUT2D eigenvalue weighted by Crippen LogP contribution is -1.92. The highest BCUT2D eigenvalue weighted by molar-refractivity contribution is 5.59. The normalized spacial score (nSPS) is 10.0. The Kier molecular flexibility index (Phi) is 2.63. The molecule has 76 valence electrons. The van der Waals surface area contributed by atoms with Crippen LogP contribution in [0.3, 0.4) is 0 Å². The van der Waals surface area contributed by atoms with Crippen molar-refractivity contribution in [3.63, 3.8) is 0 Å². The van der Waals surface area contributed by atoms with E-state index in [-0.39, 0.29) is 0 Å². The summed E-state index contributed by atoms with van der Waals surface area (Å²) < 4.78 is 12.8. The van der Waals surface area contributed by atoms with Gasteiger partial charge in [0.2, 0.25) is 5.95 Å². The quantitative estimate of drug-likeness (QED) is 0.756. The van der Waals surface area contributed by atoms with E-state index < -0.39 is 5.95 Å². The highest BCUT2D eigenvalue weighted by atomic mass is 19.1. The van der Waals surface area contributed by atoms with Crippen molar-refractivity contribution in [1.82, 2.24) is 4.98 Å². The Morgan fingerprint density at radius 3 is 2.67 bits per heavy atom. The molecule has 2 nitrogen and oxygen atoms in total. The molecule has 0 bridgehead atoms. The maximum Gasteiger partial charge on any atom is 0.214 e. The zero-order chi connectivity index (χ0) is 10.7. The van der Waals surface area contributed by atoms with Crippen LogP contribution in [0.5, 0.6) is 0 Å². The van der Waals surface area contributed by atoms with E-state index in [1.807, 2.05) is 31.2 Å². The zero-order valence-electron chi connectivity index (χ0n) is 8.37. The van der Waals surface area contributed by atoms with Crippen molar-refractivity contribution < 1.29 is 4.39 Å². The van der Waals surface area contributed by atoms with Crippen molar-refractivity contribution in [2.45, 2.75) is 6.92 Å². The van der Waals surface area contributed by atoms with Gasteiger partial charge in [-0.1, -0.05) is 12.1 Å². The number of aryl methyl sites for hydroxylation is 1. The first kappa shape index (κ1) is 9.65. The molecule has 0 atom stereocenters. The van der Waals surface area contributed by atoms with E-state index in [4.69, 9.17) is 0 Å². The van der Waals surface area contributed by atoms with E-state index in [1.165, 1.54) is 12.3 Å². The smallest absolute Gasteiger partial charge is 0.214 e. The molecule has 15 heavy (non-hydrogen) atoms. The number of hydrogen-bond donors (Lipinski definition) is 1. The summed E-state index contributed by atoms with van der Waals surface area (Å²) in [6, 6.07) is 11.0. The Morgan fingerprint density at radius 1 is 1.13 bits per heavy atom. The van der Waals surface area contributed by atoms with Crippen LogP contribution in [0.1, 0.15) is 5.56 Å². The maximum atomic E-state index is 12.8. The van der Waals surface area contributed by atoms with E-state index in [0.717, 1.165) is 11.3 Å². The molecular weight excluding hydrogens is 191 g/mol. The fraction of sp³-hybridized carbons (Fsp3) is 0.0833. The predicted molar refractivity (Wildman–Crippen MR) is 58.7 cm³/mol. The number of benzene rings is 1. The van der Waals surface area contributed by atoms with Gasteiger partial charge in [-0.2, -0.15) is 4.39 Å². The van der Waals surface area contributed by atoms with Gasteiger partial charge >= 0.3 is 0 Å². The van der Waals surface area contributed by atoms with Crippen LogP contribution in [0.2, 0.25) is 0 Å². The molecule has 1 N–H and O–H groups in total. The second kappa shape index (κ2) is 4.09. The van der Waals surface area contributed by atoms with Crippen LogP contribution >= 0.6 is 0 Å². The predicted octanol–water partition coefficient (Wildman–Crippen LogP) is 3.27. The minimum atomic E-state index is -0.479. The third-order valence-electron chi connectivity index (χ3n) is 2.03. The fourth-order valence-electron chi connectivity index (χ4n) is 1.37. The van der Waals surface area contributed by atoms with E-state index in [1.54, 1.807) is 6.07 Å².